The first kappa shape index (κ1) is 18.1. The number of hydrogen-bond donors (Lipinski definition) is 1. The van der Waals surface area contributed by atoms with Crippen LogP contribution in [0.4, 0.5) is 17.3 Å². The third-order valence-corrected chi connectivity index (χ3v) is 5.77. The zero-order valence-electron chi connectivity index (χ0n) is 14.6. The van der Waals surface area contributed by atoms with Crippen LogP contribution in [0, 0.1) is 0 Å². The summed E-state index contributed by atoms with van der Waals surface area (Å²) in [6.07, 6.45) is 1.42. The van der Waals surface area contributed by atoms with Gasteiger partial charge in [0, 0.05) is 11.9 Å². The molecule has 0 spiro atoms. The van der Waals surface area contributed by atoms with E-state index >= 15 is 0 Å². The van der Waals surface area contributed by atoms with Gasteiger partial charge in [0.2, 0.25) is 11.8 Å². The molecule has 4 aromatic rings. The Labute approximate surface area is 178 Å². The predicted octanol–water partition coefficient (Wildman–Crippen LogP) is 5.13. The minimum atomic E-state index is -0.336. The minimum Gasteiger partial charge on any atom is -0.455 e. The number of ether oxygens (including phenoxy) is 1. The Kier molecular flexibility index (Phi) is 4.46. The molecule has 0 saturated carbocycles. The lowest BCUT2D eigenvalue weighted by Gasteiger charge is -2.29. The second-order valence-electron chi connectivity index (χ2n) is 6.15. The topological polar surface area (TPSA) is 80.2 Å². The summed E-state index contributed by atoms with van der Waals surface area (Å²) in [5.74, 6) is 0.175. The SMILES string of the molecule is O=C1c2cnc(Nc3ccc4scnc4c3)nc2OCN1c1c(Cl)cccc1Cl. The highest BCUT2D eigenvalue weighted by molar-refractivity contribution is 7.16. The van der Waals surface area contributed by atoms with Crippen molar-refractivity contribution in [2.75, 3.05) is 16.9 Å². The second kappa shape index (κ2) is 7.14. The smallest absolute Gasteiger partial charge is 0.268 e. The van der Waals surface area contributed by atoms with Crippen molar-refractivity contribution in [3.8, 4) is 5.88 Å². The van der Waals surface area contributed by atoms with E-state index in [1.807, 2.05) is 18.2 Å². The number of rotatable bonds is 3. The maximum absolute atomic E-state index is 12.9. The number of hydrogen-bond acceptors (Lipinski definition) is 7. The monoisotopic (exact) mass is 443 g/mol. The number of halogens is 2. The Balaban J connectivity index is 1.43. The Morgan fingerprint density at radius 1 is 1.14 bits per heavy atom. The highest BCUT2D eigenvalue weighted by Crippen LogP contribution is 2.37. The van der Waals surface area contributed by atoms with Gasteiger partial charge in [-0.1, -0.05) is 29.3 Å². The van der Waals surface area contributed by atoms with Gasteiger partial charge in [0.05, 0.1) is 31.5 Å². The van der Waals surface area contributed by atoms with E-state index in [1.165, 1.54) is 11.1 Å². The van der Waals surface area contributed by atoms with E-state index in [9.17, 15) is 4.79 Å². The molecular weight excluding hydrogens is 433 g/mol. The van der Waals surface area contributed by atoms with Crippen LogP contribution in [0.3, 0.4) is 0 Å². The summed E-state index contributed by atoms with van der Waals surface area (Å²) < 4.78 is 6.78. The Bertz CT molecular complexity index is 1240. The molecule has 1 aliphatic heterocycles. The fraction of sp³-hybridized carbons (Fsp3) is 0.0526. The summed E-state index contributed by atoms with van der Waals surface area (Å²) in [6.45, 7) is -0.0590. The van der Waals surface area contributed by atoms with Gasteiger partial charge in [0.15, 0.2) is 6.73 Å². The van der Waals surface area contributed by atoms with Gasteiger partial charge in [-0.2, -0.15) is 4.98 Å². The first-order chi connectivity index (χ1) is 14.1. The number of anilines is 3. The van der Waals surface area contributed by atoms with E-state index in [2.05, 4.69) is 20.3 Å². The molecule has 0 unspecified atom stereocenters. The van der Waals surface area contributed by atoms with E-state index in [0.717, 1.165) is 15.9 Å². The van der Waals surface area contributed by atoms with Gasteiger partial charge in [-0.25, -0.2) is 9.97 Å². The average Bonchev–Trinajstić information content (AvgIpc) is 3.17. The summed E-state index contributed by atoms with van der Waals surface area (Å²) in [7, 11) is 0. The van der Waals surface area contributed by atoms with Crippen molar-refractivity contribution in [2.24, 2.45) is 0 Å². The van der Waals surface area contributed by atoms with Gasteiger partial charge in [-0.3, -0.25) is 9.69 Å². The van der Waals surface area contributed by atoms with Crippen molar-refractivity contribution in [2.45, 2.75) is 0 Å². The first-order valence-electron chi connectivity index (χ1n) is 8.46. The van der Waals surface area contributed by atoms with Crippen molar-refractivity contribution < 1.29 is 9.53 Å². The molecular formula is C19H11Cl2N5O2S. The molecule has 1 amide bonds. The van der Waals surface area contributed by atoms with Crippen molar-refractivity contribution >= 4 is 68.0 Å². The van der Waals surface area contributed by atoms with Crippen LogP contribution < -0.4 is 15.0 Å². The lowest BCUT2D eigenvalue weighted by atomic mass is 10.2. The van der Waals surface area contributed by atoms with Gasteiger partial charge >= 0.3 is 0 Å². The molecule has 7 nitrogen and oxygen atoms in total. The van der Waals surface area contributed by atoms with Crippen LogP contribution in [0.15, 0.2) is 48.1 Å². The number of nitrogens with zero attached hydrogens (tertiary/aromatic N) is 4. The average molecular weight is 444 g/mol. The quantitative estimate of drug-likeness (QED) is 0.472. The van der Waals surface area contributed by atoms with E-state index in [0.29, 0.717) is 21.7 Å². The second-order valence-corrected chi connectivity index (χ2v) is 7.85. The number of carbonyl (C=O) groups is 1. The molecule has 0 atom stereocenters. The maximum atomic E-state index is 12.9. The van der Waals surface area contributed by atoms with E-state index in [4.69, 9.17) is 27.9 Å². The molecule has 0 bridgehead atoms. The highest BCUT2D eigenvalue weighted by Gasteiger charge is 2.31. The van der Waals surface area contributed by atoms with Crippen LogP contribution in [0.2, 0.25) is 10.0 Å². The molecule has 0 radical (unpaired) electrons. The lowest BCUT2D eigenvalue weighted by molar-refractivity contribution is 0.0932. The molecule has 0 fully saturated rings. The summed E-state index contributed by atoms with van der Waals surface area (Å²) in [6, 6.07) is 10.8. The molecule has 5 rings (SSSR count). The molecule has 2 aromatic heterocycles. The number of thiazole rings is 1. The maximum Gasteiger partial charge on any atom is 0.268 e. The number of para-hydroxylation sites is 1. The molecule has 144 valence electrons. The van der Waals surface area contributed by atoms with Crippen LogP contribution in [0.1, 0.15) is 10.4 Å². The number of carbonyl (C=O) groups excluding carboxylic acids is 1. The minimum absolute atomic E-state index is 0.0590. The Morgan fingerprint density at radius 2 is 1.97 bits per heavy atom. The zero-order chi connectivity index (χ0) is 20.0. The largest absolute Gasteiger partial charge is 0.455 e. The van der Waals surface area contributed by atoms with E-state index in [1.54, 1.807) is 35.0 Å². The van der Waals surface area contributed by atoms with Crippen molar-refractivity contribution in [3.05, 3.63) is 63.7 Å². The highest BCUT2D eigenvalue weighted by atomic mass is 35.5. The van der Waals surface area contributed by atoms with Crippen LogP contribution in [0.25, 0.3) is 10.2 Å². The molecule has 3 heterocycles. The number of benzene rings is 2. The fourth-order valence-corrected chi connectivity index (χ4v) is 4.25. The van der Waals surface area contributed by atoms with E-state index in [-0.39, 0.29) is 24.1 Å². The lowest BCUT2D eigenvalue weighted by Crippen LogP contribution is -2.39. The van der Waals surface area contributed by atoms with Crippen molar-refractivity contribution in [3.63, 3.8) is 0 Å². The molecule has 0 saturated heterocycles. The predicted molar refractivity (Wildman–Crippen MR) is 114 cm³/mol. The molecule has 29 heavy (non-hydrogen) atoms. The third-order valence-electron chi connectivity index (χ3n) is 4.35. The molecule has 10 heteroatoms. The summed E-state index contributed by atoms with van der Waals surface area (Å²) in [5, 5.41) is 3.82. The number of fused-ring (bicyclic) bond motifs is 2. The first-order valence-corrected chi connectivity index (χ1v) is 10.1. The van der Waals surface area contributed by atoms with Gasteiger partial charge in [0.1, 0.15) is 5.56 Å². The van der Waals surface area contributed by atoms with Crippen LogP contribution in [-0.4, -0.2) is 27.6 Å². The zero-order valence-corrected chi connectivity index (χ0v) is 16.9. The third kappa shape index (κ3) is 3.25. The number of aromatic nitrogens is 3. The van der Waals surface area contributed by atoms with Crippen molar-refractivity contribution in [1.29, 1.82) is 0 Å². The van der Waals surface area contributed by atoms with Gasteiger partial charge in [-0.05, 0) is 30.3 Å². The number of nitrogens with one attached hydrogen (secondary N) is 1. The van der Waals surface area contributed by atoms with Crippen LogP contribution in [-0.2, 0) is 0 Å². The molecule has 2 aromatic carbocycles. The summed E-state index contributed by atoms with van der Waals surface area (Å²) >= 11 is 14.0. The van der Waals surface area contributed by atoms with Gasteiger partial charge < -0.3 is 10.1 Å². The molecule has 1 N–H and O–H groups in total. The summed E-state index contributed by atoms with van der Waals surface area (Å²) in [5.41, 5.74) is 4.09. The van der Waals surface area contributed by atoms with Crippen molar-refractivity contribution in [1.82, 2.24) is 15.0 Å². The standard InChI is InChI=1S/C19H11Cl2N5O2S/c20-12-2-1-3-13(21)16(12)26-9-28-17-11(18(26)27)7-22-19(25-17)24-10-4-5-15-14(6-10)23-8-29-15/h1-8H,9H2,(H,22,24,25). The Hall–Kier alpha value is -2.94. The normalized spacial score (nSPS) is 13.3. The van der Waals surface area contributed by atoms with Crippen LogP contribution >= 0.6 is 34.5 Å². The van der Waals surface area contributed by atoms with Crippen LogP contribution in [0.5, 0.6) is 5.88 Å². The van der Waals surface area contributed by atoms with Gasteiger partial charge in [-0.15, -0.1) is 11.3 Å². The number of amides is 1. The molecule has 0 aliphatic carbocycles. The van der Waals surface area contributed by atoms with E-state index < -0.39 is 0 Å². The molecule has 1 aliphatic rings. The van der Waals surface area contributed by atoms with Gasteiger partial charge in [0.25, 0.3) is 5.91 Å². The summed E-state index contributed by atoms with van der Waals surface area (Å²) in [4.78, 5) is 27.2. The fourth-order valence-electron chi connectivity index (χ4n) is 2.99. The Morgan fingerprint density at radius 3 is 2.79 bits per heavy atom.